The van der Waals surface area contributed by atoms with Crippen molar-refractivity contribution in [2.45, 2.75) is 49.8 Å². The fourth-order valence-corrected chi connectivity index (χ4v) is 5.27. The van der Waals surface area contributed by atoms with Gasteiger partial charge in [0.05, 0.1) is 23.3 Å². The van der Waals surface area contributed by atoms with Crippen LogP contribution in [0.3, 0.4) is 0 Å². The number of carbonyl (C=O) groups is 1. The number of aliphatic carboxylic acids is 1. The molecule has 3 aromatic rings. The summed E-state index contributed by atoms with van der Waals surface area (Å²) in [6, 6.07) is 9.23. The first kappa shape index (κ1) is 19.2. The van der Waals surface area contributed by atoms with Crippen LogP contribution in [0.2, 0.25) is 0 Å². The molecule has 0 radical (unpaired) electrons. The van der Waals surface area contributed by atoms with Crippen LogP contribution in [0.25, 0.3) is 15.9 Å². The highest BCUT2D eigenvalue weighted by molar-refractivity contribution is 8.00. The monoisotopic (exact) mass is 416 g/mol. The van der Waals surface area contributed by atoms with E-state index in [4.69, 9.17) is 9.72 Å². The molecule has 0 unspecified atom stereocenters. The Morgan fingerprint density at radius 1 is 1.36 bits per heavy atom. The lowest BCUT2D eigenvalue weighted by Crippen LogP contribution is -2.32. The Hall–Kier alpha value is -2.16. The molecule has 1 atom stereocenters. The standard InChI is InChI=1S/C20H20N2O4S2/c1-11(18(24)25)27-19-21-16-15(13-9-20(2,3)26-10-14(13)28-16)17(23)22(19)12-7-5-4-6-8-12/h4-8,11H,9-10H2,1-3H3,(H,24,25)/t11-/m1/s1. The Morgan fingerprint density at radius 2 is 2.07 bits per heavy atom. The second-order valence-corrected chi connectivity index (χ2v) is 9.77. The van der Waals surface area contributed by atoms with Gasteiger partial charge in [-0.05, 0) is 38.5 Å². The number of rotatable bonds is 4. The van der Waals surface area contributed by atoms with E-state index in [1.54, 1.807) is 6.92 Å². The van der Waals surface area contributed by atoms with Crippen LogP contribution in [0.15, 0.2) is 40.3 Å². The average Bonchev–Trinajstić information content (AvgIpc) is 2.99. The summed E-state index contributed by atoms with van der Waals surface area (Å²) in [5, 5.41) is 9.61. The van der Waals surface area contributed by atoms with Gasteiger partial charge in [-0.15, -0.1) is 11.3 Å². The van der Waals surface area contributed by atoms with Crippen molar-refractivity contribution >= 4 is 39.3 Å². The van der Waals surface area contributed by atoms with E-state index in [1.807, 2.05) is 44.2 Å². The maximum Gasteiger partial charge on any atom is 0.316 e. The molecule has 6 nitrogen and oxygen atoms in total. The minimum atomic E-state index is -0.945. The molecular formula is C20H20N2O4S2. The number of hydrogen-bond donors (Lipinski definition) is 1. The topological polar surface area (TPSA) is 81.4 Å². The van der Waals surface area contributed by atoms with Gasteiger partial charge in [0.15, 0.2) is 5.16 Å². The summed E-state index contributed by atoms with van der Waals surface area (Å²) in [7, 11) is 0. The lowest BCUT2D eigenvalue weighted by Gasteiger charge is -2.29. The number of carboxylic acids is 1. The second kappa shape index (κ2) is 7.02. The van der Waals surface area contributed by atoms with Crippen LogP contribution in [0.4, 0.5) is 0 Å². The third-order valence-electron chi connectivity index (χ3n) is 4.72. The van der Waals surface area contributed by atoms with Crippen LogP contribution < -0.4 is 5.56 Å². The lowest BCUT2D eigenvalue weighted by atomic mass is 9.94. The molecule has 0 saturated heterocycles. The van der Waals surface area contributed by atoms with E-state index in [9.17, 15) is 14.7 Å². The van der Waals surface area contributed by atoms with Gasteiger partial charge in [-0.25, -0.2) is 4.98 Å². The molecule has 4 rings (SSSR count). The SMILES string of the molecule is C[C@@H](Sc1nc2sc3c(c2c(=O)n1-c1ccccc1)CC(C)(C)OC3)C(=O)O. The van der Waals surface area contributed by atoms with Crippen molar-refractivity contribution in [1.29, 1.82) is 0 Å². The molecule has 0 saturated carbocycles. The van der Waals surface area contributed by atoms with Crippen LogP contribution >= 0.6 is 23.1 Å². The number of para-hydroxylation sites is 1. The molecule has 2 aromatic heterocycles. The molecule has 0 fully saturated rings. The molecule has 3 heterocycles. The van der Waals surface area contributed by atoms with Crippen LogP contribution in [0.1, 0.15) is 31.2 Å². The molecule has 1 aromatic carbocycles. The van der Waals surface area contributed by atoms with E-state index >= 15 is 0 Å². The minimum Gasteiger partial charge on any atom is -0.480 e. The summed E-state index contributed by atoms with van der Waals surface area (Å²) in [6.45, 7) is 6.08. The normalized spacial score (nSPS) is 16.7. The maximum absolute atomic E-state index is 13.6. The third kappa shape index (κ3) is 3.36. The average molecular weight is 417 g/mol. The number of benzene rings is 1. The number of fused-ring (bicyclic) bond motifs is 3. The molecule has 1 N–H and O–H groups in total. The van der Waals surface area contributed by atoms with Crippen LogP contribution in [-0.4, -0.2) is 31.5 Å². The Kier molecular flexibility index (Phi) is 4.81. The largest absolute Gasteiger partial charge is 0.480 e. The second-order valence-electron chi connectivity index (χ2n) is 7.38. The van der Waals surface area contributed by atoms with Gasteiger partial charge < -0.3 is 9.84 Å². The molecule has 8 heteroatoms. The number of thioether (sulfide) groups is 1. The highest BCUT2D eigenvalue weighted by Gasteiger charge is 2.32. The first-order chi connectivity index (χ1) is 13.3. The number of nitrogens with zero attached hydrogens (tertiary/aromatic N) is 2. The first-order valence-electron chi connectivity index (χ1n) is 8.93. The Bertz CT molecular complexity index is 1120. The van der Waals surface area contributed by atoms with Crippen molar-refractivity contribution in [3.05, 3.63) is 51.1 Å². The summed E-state index contributed by atoms with van der Waals surface area (Å²) in [5.41, 5.74) is 1.18. The molecule has 0 bridgehead atoms. The van der Waals surface area contributed by atoms with Gasteiger partial charge in [0.2, 0.25) is 0 Å². The highest BCUT2D eigenvalue weighted by Crippen LogP contribution is 2.38. The van der Waals surface area contributed by atoms with Crippen molar-refractivity contribution in [2.75, 3.05) is 0 Å². The van der Waals surface area contributed by atoms with E-state index in [0.29, 0.717) is 34.1 Å². The number of hydrogen-bond acceptors (Lipinski definition) is 6. The lowest BCUT2D eigenvalue weighted by molar-refractivity contribution is -0.136. The molecule has 1 aliphatic heterocycles. The fourth-order valence-electron chi connectivity index (χ4n) is 3.27. The summed E-state index contributed by atoms with van der Waals surface area (Å²) in [6.07, 6.45) is 0.645. The molecule has 1 aliphatic rings. The Labute approximate surface area is 170 Å². The predicted molar refractivity (Wildman–Crippen MR) is 111 cm³/mol. The quantitative estimate of drug-likeness (QED) is 0.514. The molecular weight excluding hydrogens is 396 g/mol. The minimum absolute atomic E-state index is 0.161. The van der Waals surface area contributed by atoms with Crippen molar-refractivity contribution in [3.63, 3.8) is 0 Å². The number of ether oxygens (including phenoxy) is 1. The maximum atomic E-state index is 13.6. The van der Waals surface area contributed by atoms with E-state index in [0.717, 1.165) is 22.2 Å². The number of aromatic nitrogens is 2. The molecule has 0 spiro atoms. The summed E-state index contributed by atoms with van der Waals surface area (Å²) < 4.78 is 7.42. The molecule has 0 amide bonds. The summed E-state index contributed by atoms with van der Waals surface area (Å²) >= 11 is 2.53. The molecule has 146 valence electrons. The Morgan fingerprint density at radius 3 is 2.75 bits per heavy atom. The number of carboxylic acid groups (broad SMARTS) is 1. The smallest absolute Gasteiger partial charge is 0.316 e. The van der Waals surface area contributed by atoms with Crippen LogP contribution in [0.5, 0.6) is 0 Å². The van der Waals surface area contributed by atoms with Crippen LogP contribution in [0, 0.1) is 0 Å². The molecule has 28 heavy (non-hydrogen) atoms. The predicted octanol–water partition coefficient (Wildman–Crippen LogP) is 3.86. The third-order valence-corrected chi connectivity index (χ3v) is 6.86. The van der Waals surface area contributed by atoms with Gasteiger partial charge >= 0.3 is 5.97 Å². The zero-order valence-electron chi connectivity index (χ0n) is 15.8. The Balaban J connectivity index is 1.98. The first-order valence-corrected chi connectivity index (χ1v) is 10.6. The van der Waals surface area contributed by atoms with Crippen molar-refractivity contribution in [2.24, 2.45) is 0 Å². The van der Waals surface area contributed by atoms with Crippen molar-refractivity contribution in [3.8, 4) is 5.69 Å². The van der Waals surface area contributed by atoms with E-state index in [2.05, 4.69) is 0 Å². The van der Waals surface area contributed by atoms with Gasteiger partial charge in [-0.3, -0.25) is 14.2 Å². The van der Waals surface area contributed by atoms with E-state index in [1.165, 1.54) is 15.9 Å². The van der Waals surface area contributed by atoms with Crippen LogP contribution in [-0.2, 0) is 22.6 Å². The zero-order chi connectivity index (χ0) is 20.1. The highest BCUT2D eigenvalue weighted by atomic mass is 32.2. The zero-order valence-corrected chi connectivity index (χ0v) is 17.4. The van der Waals surface area contributed by atoms with Gasteiger partial charge in [0, 0.05) is 11.3 Å². The van der Waals surface area contributed by atoms with Gasteiger partial charge in [0.1, 0.15) is 10.1 Å². The van der Waals surface area contributed by atoms with Gasteiger partial charge in [-0.2, -0.15) is 0 Å². The fraction of sp³-hybridized carbons (Fsp3) is 0.350. The van der Waals surface area contributed by atoms with Gasteiger partial charge in [-0.1, -0.05) is 30.0 Å². The summed E-state index contributed by atoms with van der Waals surface area (Å²) in [4.78, 5) is 31.3. The van der Waals surface area contributed by atoms with Gasteiger partial charge in [0.25, 0.3) is 5.56 Å². The van der Waals surface area contributed by atoms with Crippen molar-refractivity contribution < 1.29 is 14.6 Å². The van der Waals surface area contributed by atoms with E-state index in [-0.39, 0.29) is 11.2 Å². The summed E-state index contributed by atoms with van der Waals surface area (Å²) in [5.74, 6) is -0.945. The molecule has 0 aliphatic carbocycles. The number of thiophene rings is 1. The van der Waals surface area contributed by atoms with E-state index < -0.39 is 11.2 Å². The van der Waals surface area contributed by atoms with Crippen molar-refractivity contribution in [1.82, 2.24) is 9.55 Å².